The lowest BCUT2D eigenvalue weighted by Crippen LogP contribution is -2.39. The summed E-state index contributed by atoms with van der Waals surface area (Å²) in [4.78, 5) is 15.3. The number of rotatable bonds is 9. The molecule has 0 aliphatic carbocycles. The van der Waals surface area contributed by atoms with E-state index in [-0.39, 0.29) is 11.9 Å². The molecule has 0 saturated carbocycles. The summed E-state index contributed by atoms with van der Waals surface area (Å²) in [6.45, 7) is 6.07. The van der Waals surface area contributed by atoms with Gasteiger partial charge in [0.1, 0.15) is 5.75 Å². The Balaban J connectivity index is 1.58. The second kappa shape index (κ2) is 10.9. The highest BCUT2D eigenvalue weighted by molar-refractivity contribution is 7.92. The van der Waals surface area contributed by atoms with E-state index < -0.39 is 16.1 Å². The van der Waals surface area contributed by atoms with Crippen LogP contribution in [0.1, 0.15) is 51.1 Å². The summed E-state index contributed by atoms with van der Waals surface area (Å²) in [7, 11) is -1.84. The number of carbonyl (C=O) groups is 1. The van der Waals surface area contributed by atoms with E-state index in [1.807, 2.05) is 13.8 Å². The number of hydrogen-bond donors (Lipinski definition) is 1. The maximum Gasteiger partial charge on any atom is 0.261 e. The fraction of sp³-hybridized carbons (Fsp3) is 0.480. The van der Waals surface area contributed by atoms with E-state index in [0.717, 1.165) is 24.9 Å². The molecule has 0 bridgehead atoms. The number of piperidine rings is 1. The van der Waals surface area contributed by atoms with Crippen LogP contribution >= 0.6 is 0 Å². The van der Waals surface area contributed by atoms with Gasteiger partial charge in [0, 0.05) is 25.8 Å². The van der Waals surface area contributed by atoms with Gasteiger partial charge in [0.05, 0.1) is 18.0 Å². The van der Waals surface area contributed by atoms with E-state index in [1.165, 1.54) is 36.3 Å². The molecule has 1 aliphatic heterocycles. The molecular weight excluding hydrogens is 438 g/mol. The molecule has 0 radical (unpaired) electrons. The van der Waals surface area contributed by atoms with Gasteiger partial charge in [0.15, 0.2) is 6.10 Å². The van der Waals surface area contributed by atoms with E-state index in [0.29, 0.717) is 17.9 Å². The van der Waals surface area contributed by atoms with Crippen molar-refractivity contribution >= 4 is 27.3 Å². The molecule has 2 aromatic rings. The van der Waals surface area contributed by atoms with E-state index in [4.69, 9.17) is 4.74 Å². The molecule has 2 aromatic carbocycles. The first-order valence-corrected chi connectivity index (χ1v) is 13.4. The summed E-state index contributed by atoms with van der Waals surface area (Å²) in [6, 6.07) is 14.9. The molecule has 1 heterocycles. The fourth-order valence-corrected chi connectivity index (χ4v) is 4.43. The van der Waals surface area contributed by atoms with Crippen LogP contribution in [0.2, 0.25) is 0 Å². The number of ether oxygens (including phenoxy) is 1. The molecule has 0 unspecified atom stereocenters. The van der Waals surface area contributed by atoms with Crippen LogP contribution in [0.5, 0.6) is 5.75 Å². The lowest BCUT2D eigenvalue weighted by Gasteiger charge is -2.29. The van der Waals surface area contributed by atoms with Crippen molar-refractivity contribution in [3.8, 4) is 5.75 Å². The molecule has 8 heteroatoms. The number of amides is 1. The maximum atomic E-state index is 12.9. The van der Waals surface area contributed by atoms with Crippen LogP contribution in [-0.4, -0.2) is 46.8 Å². The van der Waals surface area contributed by atoms with Crippen molar-refractivity contribution in [3.05, 3.63) is 54.1 Å². The predicted molar refractivity (Wildman–Crippen MR) is 133 cm³/mol. The predicted octanol–water partition coefficient (Wildman–Crippen LogP) is 4.11. The lowest BCUT2D eigenvalue weighted by molar-refractivity contribution is -0.128. The van der Waals surface area contributed by atoms with E-state index in [1.54, 1.807) is 24.3 Å². The summed E-state index contributed by atoms with van der Waals surface area (Å²) in [5.74, 6) is 0.337. The Morgan fingerprint density at radius 2 is 1.67 bits per heavy atom. The van der Waals surface area contributed by atoms with Gasteiger partial charge in [-0.25, -0.2) is 8.42 Å². The van der Waals surface area contributed by atoms with Gasteiger partial charge in [-0.15, -0.1) is 0 Å². The summed E-state index contributed by atoms with van der Waals surface area (Å²) in [6.07, 6.45) is 4.81. The number of nitrogens with zero attached hydrogens (tertiary/aromatic N) is 2. The van der Waals surface area contributed by atoms with Crippen molar-refractivity contribution in [2.24, 2.45) is 0 Å². The molecule has 1 saturated heterocycles. The molecule has 180 valence electrons. The van der Waals surface area contributed by atoms with Gasteiger partial charge in [-0.3, -0.25) is 9.10 Å². The highest BCUT2D eigenvalue weighted by Gasteiger charge is 2.21. The molecule has 33 heavy (non-hydrogen) atoms. The second-order valence-electron chi connectivity index (χ2n) is 8.61. The van der Waals surface area contributed by atoms with Crippen LogP contribution in [0, 0.1) is 0 Å². The molecule has 0 spiro atoms. The normalized spacial score (nSPS) is 16.1. The first-order chi connectivity index (χ1) is 15.7. The van der Waals surface area contributed by atoms with Crippen molar-refractivity contribution in [2.75, 3.05) is 35.6 Å². The monoisotopic (exact) mass is 473 g/mol. The lowest BCUT2D eigenvalue weighted by atomic mass is 10.1. The first kappa shape index (κ1) is 24.9. The quantitative estimate of drug-likeness (QED) is 0.593. The molecule has 1 amide bonds. The van der Waals surface area contributed by atoms with Crippen molar-refractivity contribution in [1.29, 1.82) is 0 Å². The van der Waals surface area contributed by atoms with Crippen molar-refractivity contribution < 1.29 is 17.9 Å². The second-order valence-corrected chi connectivity index (χ2v) is 10.6. The molecule has 1 fully saturated rings. The van der Waals surface area contributed by atoms with Crippen molar-refractivity contribution in [1.82, 2.24) is 5.32 Å². The zero-order chi connectivity index (χ0) is 24.0. The third kappa shape index (κ3) is 6.63. The Morgan fingerprint density at radius 3 is 2.21 bits per heavy atom. The molecule has 1 N–H and O–H groups in total. The Kier molecular flexibility index (Phi) is 8.24. The minimum absolute atomic E-state index is 0.142. The van der Waals surface area contributed by atoms with Gasteiger partial charge in [0.2, 0.25) is 10.0 Å². The molecule has 2 atom stereocenters. The maximum absolute atomic E-state index is 12.9. The number of benzene rings is 2. The smallest absolute Gasteiger partial charge is 0.261 e. The Labute approximate surface area is 197 Å². The van der Waals surface area contributed by atoms with Gasteiger partial charge in [0.25, 0.3) is 5.91 Å². The topological polar surface area (TPSA) is 78.9 Å². The summed E-state index contributed by atoms with van der Waals surface area (Å²) in [5, 5.41) is 3.05. The summed E-state index contributed by atoms with van der Waals surface area (Å²) >= 11 is 0. The third-order valence-electron chi connectivity index (χ3n) is 6.11. The minimum Gasteiger partial charge on any atom is -0.481 e. The van der Waals surface area contributed by atoms with Crippen LogP contribution in [0.3, 0.4) is 0 Å². The number of hydrogen-bond acceptors (Lipinski definition) is 5. The Hall–Kier alpha value is -2.74. The Bertz CT molecular complexity index is 1020. The van der Waals surface area contributed by atoms with Gasteiger partial charge in [-0.2, -0.15) is 0 Å². The zero-order valence-corrected chi connectivity index (χ0v) is 20.8. The van der Waals surface area contributed by atoms with Crippen LogP contribution in [0.15, 0.2) is 48.5 Å². The molecule has 7 nitrogen and oxygen atoms in total. The number of anilines is 2. The molecule has 0 aromatic heterocycles. The SMILES string of the molecule is CC[C@H](Oc1ccc(N(C)S(C)(=O)=O)cc1)C(=O)N[C@H](C)c1ccc(N2CCCCC2)cc1. The average molecular weight is 474 g/mol. The first-order valence-electron chi connectivity index (χ1n) is 11.5. The standard InChI is InChI=1S/C25H35N3O4S/c1-5-24(32-23-15-13-21(14-16-23)27(3)33(4,30)31)25(29)26-19(2)20-9-11-22(12-10-20)28-17-7-6-8-18-28/h9-16,19,24H,5-8,17-18H2,1-4H3,(H,26,29)/t19-,24+/m1/s1. The number of nitrogens with one attached hydrogen (secondary N) is 1. The minimum atomic E-state index is -3.33. The number of carbonyl (C=O) groups excluding carboxylic acids is 1. The molecular formula is C25H35N3O4S. The van der Waals surface area contributed by atoms with E-state index in [9.17, 15) is 13.2 Å². The van der Waals surface area contributed by atoms with Gasteiger partial charge in [-0.05, 0) is 74.6 Å². The number of sulfonamides is 1. The van der Waals surface area contributed by atoms with Crippen molar-refractivity contribution in [3.63, 3.8) is 0 Å². The molecule has 3 rings (SSSR count). The third-order valence-corrected chi connectivity index (χ3v) is 7.32. The van der Waals surface area contributed by atoms with Crippen molar-refractivity contribution in [2.45, 2.75) is 51.7 Å². The average Bonchev–Trinajstić information content (AvgIpc) is 2.82. The molecule has 1 aliphatic rings. The van der Waals surface area contributed by atoms with E-state index >= 15 is 0 Å². The zero-order valence-electron chi connectivity index (χ0n) is 20.0. The van der Waals surface area contributed by atoms with Gasteiger partial charge < -0.3 is 15.0 Å². The van der Waals surface area contributed by atoms with Gasteiger partial charge >= 0.3 is 0 Å². The highest BCUT2D eigenvalue weighted by Crippen LogP contribution is 2.24. The van der Waals surface area contributed by atoms with Crippen LogP contribution in [-0.2, 0) is 14.8 Å². The summed E-state index contributed by atoms with van der Waals surface area (Å²) in [5.41, 5.74) is 2.81. The fourth-order valence-electron chi connectivity index (χ4n) is 3.93. The Morgan fingerprint density at radius 1 is 1.06 bits per heavy atom. The van der Waals surface area contributed by atoms with Crippen LogP contribution < -0.4 is 19.3 Å². The van der Waals surface area contributed by atoms with E-state index in [2.05, 4.69) is 34.5 Å². The largest absolute Gasteiger partial charge is 0.481 e. The summed E-state index contributed by atoms with van der Waals surface area (Å²) < 4.78 is 30.5. The van der Waals surface area contributed by atoms with Crippen LogP contribution in [0.25, 0.3) is 0 Å². The van der Waals surface area contributed by atoms with Gasteiger partial charge in [-0.1, -0.05) is 19.1 Å². The highest BCUT2D eigenvalue weighted by atomic mass is 32.2. The van der Waals surface area contributed by atoms with Crippen LogP contribution in [0.4, 0.5) is 11.4 Å².